The van der Waals surface area contributed by atoms with Gasteiger partial charge in [0, 0.05) is 40.4 Å². The van der Waals surface area contributed by atoms with Gasteiger partial charge in [-0.25, -0.2) is 0 Å². The zero-order chi connectivity index (χ0) is 16.5. The molecule has 0 saturated carbocycles. The van der Waals surface area contributed by atoms with Crippen molar-refractivity contribution in [3.05, 3.63) is 35.4 Å². The van der Waals surface area contributed by atoms with Crippen molar-refractivity contribution < 1.29 is 9.47 Å². The normalized spacial score (nSPS) is 16.7. The van der Waals surface area contributed by atoms with E-state index in [2.05, 4.69) is 46.4 Å². The number of methoxy groups -OCH3 is 1. The second kappa shape index (κ2) is 9.53. The Morgan fingerprint density at radius 3 is 2.70 bits per heavy atom. The minimum atomic E-state index is 0.403. The molecule has 1 aliphatic rings. The van der Waals surface area contributed by atoms with Crippen molar-refractivity contribution in [2.75, 3.05) is 33.9 Å². The summed E-state index contributed by atoms with van der Waals surface area (Å²) in [5.74, 6) is 0.970. The standard InChI is InChI=1S/C18H29N3O2/c1-4-23-17-8-10-21(11-9-17)18(19-2)20-13-15-6-5-7-16(12-15)14-22-3/h5-7,12,17H,4,8-11,13-14H2,1-3H3,(H,19,20). The number of aliphatic imine (C=N–C) groups is 1. The number of hydrogen-bond donors (Lipinski definition) is 1. The van der Waals surface area contributed by atoms with Crippen molar-refractivity contribution >= 4 is 5.96 Å². The first-order chi connectivity index (χ1) is 11.3. The van der Waals surface area contributed by atoms with E-state index in [1.54, 1.807) is 7.11 Å². The number of ether oxygens (including phenoxy) is 2. The number of hydrogen-bond acceptors (Lipinski definition) is 3. The minimum Gasteiger partial charge on any atom is -0.380 e. The highest BCUT2D eigenvalue weighted by atomic mass is 16.5. The SMILES string of the molecule is CCOC1CCN(C(=NC)NCc2cccc(COC)c2)CC1. The van der Waals surface area contributed by atoms with Crippen molar-refractivity contribution in [2.24, 2.45) is 4.99 Å². The molecular formula is C18H29N3O2. The third-order valence-corrected chi connectivity index (χ3v) is 4.11. The predicted octanol–water partition coefficient (Wildman–Crippen LogP) is 2.41. The van der Waals surface area contributed by atoms with Crippen molar-refractivity contribution in [1.82, 2.24) is 10.2 Å². The second-order valence-corrected chi connectivity index (χ2v) is 5.80. The second-order valence-electron chi connectivity index (χ2n) is 5.80. The molecule has 0 bridgehead atoms. The summed E-state index contributed by atoms with van der Waals surface area (Å²) in [7, 11) is 3.57. The van der Waals surface area contributed by atoms with Gasteiger partial charge in [0.15, 0.2) is 5.96 Å². The van der Waals surface area contributed by atoms with E-state index in [-0.39, 0.29) is 0 Å². The Morgan fingerprint density at radius 1 is 1.30 bits per heavy atom. The Morgan fingerprint density at radius 2 is 2.04 bits per heavy atom. The molecule has 0 radical (unpaired) electrons. The van der Waals surface area contributed by atoms with E-state index in [0.717, 1.165) is 45.0 Å². The average Bonchev–Trinajstić information content (AvgIpc) is 2.58. The molecule has 1 aromatic carbocycles. The van der Waals surface area contributed by atoms with Gasteiger partial charge in [-0.05, 0) is 30.9 Å². The Labute approximate surface area is 139 Å². The number of piperidine rings is 1. The third-order valence-electron chi connectivity index (χ3n) is 4.11. The molecule has 1 N–H and O–H groups in total. The molecule has 128 valence electrons. The van der Waals surface area contributed by atoms with Gasteiger partial charge in [-0.15, -0.1) is 0 Å². The van der Waals surface area contributed by atoms with Crippen LogP contribution in [0.15, 0.2) is 29.3 Å². The van der Waals surface area contributed by atoms with Gasteiger partial charge in [0.25, 0.3) is 0 Å². The molecule has 5 heteroatoms. The largest absolute Gasteiger partial charge is 0.380 e. The molecule has 0 amide bonds. The van der Waals surface area contributed by atoms with Crippen LogP contribution in [-0.2, 0) is 22.6 Å². The fraction of sp³-hybridized carbons (Fsp3) is 0.611. The molecule has 0 atom stereocenters. The highest BCUT2D eigenvalue weighted by Gasteiger charge is 2.21. The number of nitrogens with one attached hydrogen (secondary N) is 1. The van der Waals surface area contributed by atoms with Gasteiger partial charge in [0.2, 0.25) is 0 Å². The minimum absolute atomic E-state index is 0.403. The first-order valence-corrected chi connectivity index (χ1v) is 8.40. The Kier molecular flexibility index (Phi) is 7.36. The van der Waals surface area contributed by atoms with Gasteiger partial charge in [0.1, 0.15) is 0 Å². The molecule has 1 saturated heterocycles. The zero-order valence-corrected chi connectivity index (χ0v) is 14.5. The number of likely N-dealkylation sites (tertiary alicyclic amines) is 1. The van der Waals surface area contributed by atoms with E-state index in [1.165, 1.54) is 11.1 Å². The average molecular weight is 319 g/mol. The fourth-order valence-electron chi connectivity index (χ4n) is 2.98. The summed E-state index contributed by atoms with van der Waals surface area (Å²) < 4.78 is 10.9. The summed E-state index contributed by atoms with van der Waals surface area (Å²) >= 11 is 0. The summed E-state index contributed by atoms with van der Waals surface area (Å²) in [5.41, 5.74) is 2.43. The van der Waals surface area contributed by atoms with Crippen LogP contribution in [0.5, 0.6) is 0 Å². The van der Waals surface area contributed by atoms with Gasteiger partial charge in [-0.2, -0.15) is 0 Å². The van der Waals surface area contributed by atoms with Crippen LogP contribution in [0.25, 0.3) is 0 Å². The molecule has 0 unspecified atom stereocenters. The number of guanidine groups is 1. The van der Waals surface area contributed by atoms with E-state index in [4.69, 9.17) is 9.47 Å². The maximum Gasteiger partial charge on any atom is 0.193 e. The molecule has 5 nitrogen and oxygen atoms in total. The smallest absolute Gasteiger partial charge is 0.193 e. The van der Waals surface area contributed by atoms with E-state index in [0.29, 0.717) is 12.7 Å². The van der Waals surface area contributed by atoms with Crippen LogP contribution in [0.1, 0.15) is 30.9 Å². The van der Waals surface area contributed by atoms with Crippen LogP contribution in [0.3, 0.4) is 0 Å². The summed E-state index contributed by atoms with van der Waals surface area (Å²) in [6.45, 7) is 6.27. The van der Waals surface area contributed by atoms with Gasteiger partial charge >= 0.3 is 0 Å². The topological polar surface area (TPSA) is 46.1 Å². The number of benzene rings is 1. The molecular weight excluding hydrogens is 290 g/mol. The molecule has 0 aliphatic carbocycles. The van der Waals surface area contributed by atoms with Gasteiger partial charge in [-0.3, -0.25) is 4.99 Å². The fourth-order valence-corrected chi connectivity index (χ4v) is 2.98. The van der Waals surface area contributed by atoms with Crippen LogP contribution in [0.4, 0.5) is 0 Å². The van der Waals surface area contributed by atoms with E-state index < -0.39 is 0 Å². The maximum absolute atomic E-state index is 5.71. The number of nitrogens with zero attached hydrogens (tertiary/aromatic N) is 2. The lowest BCUT2D eigenvalue weighted by Gasteiger charge is -2.34. The highest BCUT2D eigenvalue weighted by molar-refractivity contribution is 5.79. The molecule has 1 fully saturated rings. The van der Waals surface area contributed by atoms with Gasteiger partial charge < -0.3 is 19.7 Å². The quantitative estimate of drug-likeness (QED) is 0.646. The third kappa shape index (κ3) is 5.52. The summed E-state index contributed by atoms with van der Waals surface area (Å²) in [4.78, 5) is 6.74. The first kappa shape index (κ1) is 17.8. The monoisotopic (exact) mass is 319 g/mol. The van der Waals surface area contributed by atoms with Crippen molar-refractivity contribution in [2.45, 2.75) is 39.0 Å². The van der Waals surface area contributed by atoms with Crippen LogP contribution in [0, 0.1) is 0 Å². The van der Waals surface area contributed by atoms with Crippen LogP contribution in [-0.4, -0.2) is 50.8 Å². The van der Waals surface area contributed by atoms with Crippen LogP contribution < -0.4 is 5.32 Å². The number of rotatable bonds is 6. The van der Waals surface area contributed by atoms with Crippen LogP contribution in [0.2, 0.25) is 0 Å². The predicted molar refractivity (Wildman–Crippen MR) is 93.6 cm³/mol. The van der Waals surface area contributed by atoms with Crippen LogP contribution >= 0.6 is 0 Å². The van der Waals surface area contributed by atoms with Gasteiger partial charge in [0.05, 0.1) is 12.7 Å². The molecule has 1 aromatic rings. The lowest BCUT2D eigenvalue weighted by molar-refractivity contribution is 0.0263. The Bertz CT molecular complexity index is 497. The van der Waals surface area contributed by atoms with Crippen molar-refractivity contribution in [3.8, 4) is 0 Å². The molecule has 1 heterocycles. The summed E-state index contributed by atoms with van der Waals surface area (Å²) in [6, 6.07) is 8.45. The van der Waals surface area contributed by atoms with E-state index in [9.17, 15) is 0 Å². The summed E-state index contributed by atoms with van der Waals surface area (Å²) in [5, 5.41) is 3.47. The Balaban J connectivity index is 1.85. The zero-order valence-electron chi connectivity index (χ0n) is 14.5. The molecule has 23 heavy (non-hydrogen) atoms. The first-order valence-electron chi connectivity index (χ1n) is 8.40. The molecule has 0 aromatic heterocycles. The molecule has 2 rings (SSSR count). The van der Waals surface area contributed by atoms with Crippen molar-refractivity contribution in [1.29, 1.82) is 0 Å². The Hall–Kier alpha value is -1.59. The maximum atomic E-state index is 5.71. The van der Waals surface area contributed by atoms with E-state index in [1.807, 2.05) is 7.05 Å². The van der Waals surface area contributed by atoms with Crippen molar-refractivity contribution in [3.63, 3.8) is 0 Å². The van der Waals surface area contributed by atoms with Gasteiger partial charge in [-0.1, -0.05) is 24.3 Å². The lowest BCUT2D eigenvalue weighted by Crippen LogP contribution is -2.46. The highest BCUT2D eigenvalue weighted by Crippen LogP contribution is 2.14. The molecule has 1 aliphatic heterocycles. The lowest BCUT2D eigenvalue weighted by atomic mass is 10.1. The molecule has 0 spiro atoms. The van der Waals surface area contributed by atoms with E-state index >= 15 is 0 Å². The summed E-state index contributed by atoms with van der Waals surface area (Å²) in [6.07, 6.45) is 2.54.